The normalized spacial score (nSPS) is 10.4. The molecule has 0 atom stereocenters. The van der Waals surface area contributed by atoms with Gasteiger partial charge in [0.2, 0.25) is 5.88 Å². The summed E-state index contributed by atoms with van der Waals surface area (Å²) < 4.78 is 19.4. The van der Waals surface area contributed by atoms with Crippen molar-refractivity contribution in [3.63, 3.8) is 0 Å². The number of nitrogens with zero attached hydrogens (tertiary/aromatic N) is 1. The second-order valence-corrected chi connectivity index (χ2v) is 4.79. The lowest BCUT2D eigenvalue weighted by atomic mass is 10.3. The van der Waals surface area contributed by atoms with Gasteiger partial charge in [-0.2, -0.15) is 0 Å². The van der Waals surface area contributed by atoms with Crippen LogP contribution in [0.5, 0.6) is 11.6 Å². The minimum Gasteiger partial charge on any atom is -0.434 e. The van der Waals surface area contributed by atoms with Crippen molar-refractivity contribution in [1.29, 1.82) is 0 Å². The van der Waals surface area contributed by atoms with Gasteiger partial charge in [0.15, 0.2) is 11.6 Å². The number of rotatable bonds is 3. The molecule has 0 unspecified atom stereocenters. The monoisotopic (exact) mass is 331 g/mol. The fourth-order valence-electron chi connectivity index (χ4n) is 1.29. The van der Waals surface area contributed by atoms with Gasteiger partial charge in [0, 0.05) is 10.7 Å². The predicted octanol–water partition coefficient (Wildman–Crippen LogP) is 3.92. The zero-order valence-corrected chi connectivity index (χ0v) is 11.4. The molecule has 0 radical (unpaired) electrons. The van der Waals surface area contributed by atoms with Crippen molar-refractivity contribution in [3.05, 3.63) is 51.3 Å². The molecule has 2 aromatic rings. The Hall–Kier alpha value is -1.17. The lowest BCUT2D eigenvalue weighted by Gasteiger charge is -2.08. The summed E-state index contributed by atoms with van der Waals surface area (Å²) in [5.41, 5.74) is 0.557. The molecule has 0 aliphatic carbocycles. The largest absolute Gasteiger partial charge is 0.434 e. The zero-order chi connectivity index (χ0) is 13.1. The quantitative estimate of drug-likeness (QED) is 0.926. The molecule has 3 nitrogen and oxygen atoms in total. The Balaban J connectivity index is 2.31. The van der Waals surface area contributed by atoms with Gasteiger partial charge in [-0.25, -0.2) is 9.37 Å². The number of aromatic nitrogens is 1. The van der Waals surface area contributed by atoms with E-state index in [0.29, 0.717) is 10.0 Å². The van der Waals surface area contributed by atoms with Crippen LogP contribution >= 0.6 is 27.5 Å². The van der Waals surface area contributed by atoms with Crippen LogP contribution in [0.15, 0.2) is 34.9 Å². The minimum atomic E-state index is -0.512. The Kier molecular flexibility index (Phi) is 4.16. The van der Waals surface area contributed by atoms with Gasteiger partial charge in [-0.1, -0.05) is 27.5 Å². The van der Waals surface area contributed by atoms with Gasteiger partial charge < -0.3 is 9.84 Å². The standard InChI is InChI=1S/C12H8BrClFNO2/c13-8-1-2-10(15)11(4-8)18-12-9(14)3-7(6-17)5-16-12/h1-5,17H,6H2. The van der Waals surface area contributed by atoms with E-state index in [4.69, 9.17) is 21.4 Å². The lowest BCUT2D eigenvalue weighted by molar-refractivity contribution is 0.281. The number of hydrogen-bond acceptors (Lipinski definition) is 3. The van der Waals surface area contributed by atoms with E-state index < -0.39 is 5.82 Å². The first-order valence-electron chi connectivity index (χ1n) is 4.98. The van der Waals surface area contributed by atoms with Crippen molar-refractivity contribution >= 4 is 27.5 Å². The molecule has 0 saturated carbocycles. The van der Waals surface area contributed by atoms with E-state index in [1.807, 2.05) is 0 Å². The Labute approximate surface area is 116 Å². The molecule has 18 heavy (non-hydrogen) atoms. The number of pyridine rings is 1. The molecular weight excluding hydrogens is 324 g/mol. The topological polar surface area (TPSA) is 42.4 Å². The molecule has 0 spiro atoms. The van der Waals surface area contributed by atoms with Crippen molar-refractivity contribution in [1.82, 2.24) is 4.98 Å². The summed E-state index contributed by atoms with van der Waals surface area (Å²) in [6, 6.07) is 5.83. The van der Waals surface area contributed by atoms with Gasteiger partial charge in [0.25, 0.3) is 0 Å². The van der Waals surface area contributed by atoms with Gasteiger partial charge in [0.05, 0.1) is 6.61 Å². The summed E-state index contributed by atoms with van der Waals surface area (Å²) in [4.78, 5) is 3.92. The van der Waals surface area contributed by atoms with Crippen LogP contribution in [0.25, 0.3) is 0 Å². The first kappa shape index (κ1) is 13.3. The molecule has 1 N–H and O–H groups in total. The van der Waals surface area contributed by atoms with Crippen LogP contribution in [0, 0.1) is 5.82 Å². The number of ether oxygens (including phenoxy) is 1. The van der Waals surface area contributed by atoms with Crippen LogP contribution in [-0.4, -0.2) is 10.1 Å². The maximum atomic E-state index is 13.5. The molecule has 0 amide bonds. The summed E-state index contributed by atoms with van der Waals surface area (Å²) in [7, 11) is 0. The van der Waals surface area contributed by atoms with Crippen molar-refractivity contribution in [3.8, 4) is 11.6 Å². The number of aliphatic hydroxyl groups is 1. The molecule has 1 heterocycles. The first-order valence-corrected chi connectivity index (χ1v) is 6.15. The second kappa shape index (κ2) is 5.65. The van der Waals surface area contributed by atoms with E-state index in [1.54, 1.807) is 6.07 Å². The fraction of sp³-hybridized carbons (Fsp3) is 0.0833. The second-order valence-electron chi connectivity index (χ2n) is 3.47. The number of aliphatic hydroxyl groups excluding tert-OH is 1. The van der Waals surface area contributed by atoms with E-state index in [1.165, 1.54) is 24.4 Å². The number of benzene rings is 1. The van der Waals surface area contributed by atoms with Crippen LogP contribution in [0.4, 0.5) is 4.39 Å². The lowest BCUT2D eigenvalue weighted by Crippen LogP contribution is -1.94. The average molecular weight is 333 g/mol. The number of hydrogen-bond donors (Lipinski definition) is 1. The van der Waals surface area contributed by atoms with E-state index in [0.717, 1.165) is 0 Å². The van der Waals surface area contributed by atoms with Crippen LogP contribution < -0.4 is 4.74 Å². The minimum absolute atomic E-state index is 0.0236. The molecule has 0 fully saturated rings. The molecule has 2 rings (SSSR count). The highest BCUT2D eigenvalue weighted by molar-refractivity contribution is 9.10. The summed E-state index contributed by atoms with van der Waals surface area (Å²) in [5.74, 6) is -0.399. The summed E-state index contributed by atoms with van der Waals surface area (Å²) >= 11 is 9.14. The third-order valence-electron chi connectivity index (χ3n) is 2.15. The fourth-order valence-corrected chi connectivity index (χ4v) is 1.85. The third kappa shape index (κ3) is 2.98. The van der Waals surface area contributed by atoms with E-state index in [-0.39, 0.29) is 23.3 Å². The van der Waals surface area contributed by atoms with Crippen molar-refractivity contribution in [2.45, 2.75) is 6.61 Å². The Morgan fingerprint density at radius 3 is 2.83 bits per heavy atom. The highest BCUT2D eigenvalue weighted by Crippen LogP contribution is 2.30. The van der Waals surface area contributed by atoms with Gasteiger partial charge >= 0.3 is 0 Å². The van der Waals surface area contributed by atoms with E-state index in [9.17, 15) is 4.39 Å². The Morgan fingerprint density at radius 2 is 2.17 bits per heavy atom. The molecule has 94 valence electrons. The van der Waals surface area contributed by atoms with E-state index >= 15 is 0 Å². The SMILES string of the molecule is OCc1cnc(Oc2cc(Br)ccc2F)c(Cl)c1. The van der Waals surface area contributed by atoms with Crippen LogP contribution in [-0.2, 0) is 6.61 Å². The number of halogens is 3. The van der Waals surface area contributed by atoms with Gasteiger partial charge in [0.1, 0.15) is 5.02 Å². The molecule has 1 aromatic heterocycles. The Morgan fingerprint density at radius 1 is 1.39 bits per heavy atom. The van der Waals surface area contributed by atoms with Crippen LogP contribution in [0.2, 0.25) is 5.02 Å². The van der Waals surface area contributed by atoms with Crippen LogP contribution in [0.1, 0.15) is 5.56 Å². The van der Waals surface area contributed by atoms with Gasteiger partial charge in [-0.05, 0) is 29.8 Å². The smallest absolute Gasteiger partial charge is 0.238 e. The summed E-state index contributed by atoms with van der Waals surface area (Å²) in [6.45, 7) is -0.168. The molecule has 6 heteroatoms. The predicted molar refractivity (Wildman–Crippen MR) is 69.3 cm³/mol. The molecule has 0 aliphatic rings. The molecule has 0 aliphatic heterocycles. The Bertz CT molecular complexity index is 580. The van der Waals surface area contributed by atoms with Gasteiger partial charge in [-0.3, -0.25) is 0 Å². The maximum Gasteiger partial charge on any atom is 0.238 e. The van der Waals surface area contributed by atoms with Crippen molar-refractivity contribution in [2.24, 2.45) is 0 Å². The van der Waals surface area contributed by atoms with E-state index in [2.05, 4.69) is 20.9 Å². The molecule has 0 saturated heterocycles. The third-order valence-corrected chi connectivity index (χ3v) is 2.91. The summed E-state index contributed by atoms with van der Waals surface area (Å²) in [6.07, 6.45) is 1.41. The maximum absolute atomic E-state index is 13.5. The first-order chi connectivity index (χ1) is 8.60. The highest BCUT2D eigenvalue weighted by atomic mass is 79.9. The zero-order valence-electron chi connectivity index (χ0n) is 9.03. The molecule has 1 aromatic carbocycles. The molecular formula is C12H8BrClFNO2. The average Bonchev–Trinajstić information content (AvgIpc) is 2.36. The highest BCUT2D eigenvalue weighted by Gasteiger charge is 2.10. The molecule has 0 bridgehead atoms. The summed E-state index contributed by atoms with van der Waals surface area (Å²) in [5, 5.41) is 9.13. The van der Waals surface area contributed by atoms with Crippen LogP contribution in [0.3, 0.4) is 0 Å². The van der Waals surface area contributed by atoms with Crippen molar-refractivity contribution < 1.29 is 14.2 Å². The van der Waals surface area contributed by atoms with Gasteiger partial charge in [-0.15, -0.1) is 0 Å². The van der Waals surface area contributed by atoms with Crippen molar-refractivity contribution in [2.75, 3.05) is 0 Å².